The van der Waals surface area contributed by atoms with E-state index in [1.165, 1.54) is 10.9 Å². The Hall–Kier alpha value is -4.48. The van der Waals surface area contributed by atoms with Gasteiger partial charge in [0, 0.05) is 51.2 Å². The molecule has 198 valence electrons. The Morgan fingerprint density at radius 1 is 1.08 bits per heavy atom. The lowest BCUT2D eigenvalue weighted by atomic mass is 10.1. The smallest absolute Gasteiger partial charge is 0.320 e. The van der Waals surface area contributed by atoms with Crippen LogP contribution in [-0.2, 0) is 0 Å². The van der Waals surface area contributed by atoms with Crippen molar-refractivity contribution in [3.63, 3.8) is 0 Å². The molecule has 1 fully saturated rings. The largest absolute Gasteiger partial charge is 0.353 e. The van der Waals surface area contributed by atoms with Gasteiger partial charge in [-0.25, -0.2) is 23.8 Å². The Kier molecular flexibility index (Phi) is 6.95. The van der Waals surface area contributed by atoms with Crippen molar-refractivity contribution < 1.29 is 9.18 Å². The van der Waals surface area contributed by atoms with E-state index < -0.39 is 5.82 Å². The van der Waals surface area contributed by atoms with Crippen LogP contribution in [0.4, 0.5) is 26.6 Å². The minimum absolute atomic E-state index is 0.0381. The number of piperazine rings is 1. The molecule has 1 aliphatic heterocycles. The molecule has 0 bridgehead atoms. The van der Waals surface area contributed by atoms with Gasteiger partial charge in [-0.05, 0) is 50.1 Å². The molecule has 1 saturated heterocycles. The number of hydrogen-bond acceptors (Lipinski definition) is 7. The van der Waals surface area contributed by atoms with Crippen LogP contribution in [0, 0.1) is 19.7 Å². The van der Waals surface area contributed by atoms with Crippen LogP contribution in [0.25, 0.3) is 5.82 Å². The number of pyridine rings is 2. The van der Waals surface area contributed by atoms with E-state index in [1.54, 1.807) is 24.2 Å². The van der Waals surface area contributed by atoms with Gasteiger partial charge in [0.2, 0.25) is 0 Å². The third-order valence-electron chi connectivity index (χ3n) is 6.71. The lowest BCUT2D eigenvalue weighted by Crippen LogP contribution is -2.52. The third-order valence-corrected chi connectivity index (χ3v) is 6.71. The summed E-state index contributed by atoms with van der Waals surface area (Å²) in [5, 5.41) is 14.3. The number of H-pyrrole nitrogens is 1. The number of carbonyl (C=O) groups excluding carboxylic acids is 1. The van der Waals surface area contributed by atoms with Crippen LogP contribution in [0.5, 0.6) is 0 Å². The van der Waals surface area contributed by atoms with Gasteiger partial charge in [0.05, 0.1) is 18.4 Å². The molecule has 0 aromatic carbocycles. The molecule has 5 heterocycles. The zero-order valence-electron chi connectivity index (χ0n) is 21.9. The molecule has 1 aliphatic rings. The molecule has 2 amide bonds. The van der Waals surface area contributed by atoms with Crippen LogP contribution in [0.15, 0.2) is 48.9 Å². The first-order valence-electron chi connectivity index (χ1n) is 12.5. The van der Waals surface area contributed by atoms with Crippen LogP contribution >= 0.6 is 0 Å². The number of carbonyl (C=O) groups is 1. The molecule has 1 atom stereocenters. The molecule has 38 heavy (non-hydrogen) atoms. The van der Waals surface area contributed by atoms with Crippen molar-refractivity contribution in [3.8, 4) is 5.82 Å². The van der Waals surface area contributed by atoms with E-state index in [1.807, 2.05) is 43.9 Å². The Morgan fingerprint density at radius 2 is 1.87 bits per heavy atom. The Bertz CT molecular complexity index is 1410. The molecular weight excluding hydrogens is 487 g/mol. The molecule has 0 unspecified atom stereocenters. The summed E-state index contributed by atoms with van der Waals surface area (Å²) in [7, 11) is 1.80. The van der Waals surface area contributed by atoms with Crippen molar-refractivity contribution in [2.75, 3.05) is 43.4 Å². The highest BCUT2D eigenvalue weighted by Gasteiger charge is 2.27. The second kappa shape index (κ2) is 10.5. The van der Waals surface area contributed by atoms with Crippen molar-refractivity contribution in [1.82, 2.24) is 39.7 Å². The fraction of sp³-hybridized carbons (Fsp3) is 0.346. The van der Waals surface area contributed by atoms with Crippen molar-refractivity contribution in [2.24, 2.45) is 0 Å². The summed E-state index contributed by atoms with van der Waals surface area (Å²) in [6, 6.07) is 9.39. The van der Waals surface area contributed by atoms with E-state index in [9.17, 15) is 9.18 Å². The van der Waals surface area contributed by atoms with Gasteiger partial charge in [-0.2, -0.15) is 10.2 Å². The van der Waals surface area contributed by atoms with Crippen LogP contribution < -0.4 is 10.2 Å². The molecule has 4 aromatic heterocycles. The monoisotopic (exact) mass is 518 g/mol. The van der Waals surface area contributed by atoms with Crippen molar-refractivity contribution in [1.29, 1.82) is 0 Å². The highest BCUT2D eigenvalue weighted by molar-refractivity contribution is 5.75. The highest BCUT2D eigenvalue weighted by Crippen LogP contribution is 2.24. The maximum atomic E-state index is 13.3. The number of nitrogens with zero attached hydrogens (tertiary/aromatic N) is 8. The van der Waals surface area contributed by atoms with E-state index >= 15 is 0 Å². The predicted octanol–water partition coefficient (Wildman–Crippen LogP) is 3.82. The first-order chi connectivity index (χ1) is 18.3. The summed E-state index contributed by atoms with van der Waals surface area (Å²) in [6.07, 6.45) is 4.10. The molecular formula is C26H31FN10O. The van der Waals surface area contributed by atoms with Gasteiger partial charge in [0.1, 0.15) is 11.6 Å². The molecule has 11 nitrogen and oxygen atoms in total. The van der Waals surface area contributed by atoms with Crippen LogP contribution in [-0.4, -0.2) is 79.0 Å². The molecule has 0 radical (unpaired) electrons. The van der Waals surface area contributed by atoms with Gasteiger partial charge in [-0.15, -0.1) is 0 Å². The Labute approximate surface area is 220 Å². The summed E-state index contributed by atoms with van der Waals surface area (Å²) in [6.45, 7) is 8.50. The number of anilines is 3. The van der Waals surface area contributed by atoms with E-state index in [0.717, 1.165) is 40.5 Å². The second-order valence-corrected chi connectivity index (χ2v) is 9.55. The summed E-state index contributed by atoms with van der Waals surface area (Å²) in [5.74, 6) is 2.42. The van der Waals surface area contributed by atoms with Crippen LogP contribution in [0.3, 0.4) is 0 Å². The number of aromatic nitrogens is 6. The third kappa shape index (κ3) is 5.43. The average molecular weight is 519 g/mol. The molecule has 0 spiro atoms. The topological polar surface area (TPSA) is 111 Å². The van der Waals surface area contributed by atoms with Crippen LogP contribution in [0.2, 0.25) is 0 Å². The maximum Gasteiger partial charge on any atom is 0.320 e. The average Bonchev–Trinajstić information content (AvgIpc) is 3.54. The summed E-state index contributed by atoms with van der Waals surface area (Å²) in [5.41, 5.74) is 2.95. The van der Waals surface area contributed by atoms with Gasteiger partial charge in [-0.1, -0.05) is 6.07 Å². The number of amides is 2. The minimum atomic E-state index is -0.422. The zero-order valence-corrected chi connectivity index (χ0v) is 21.9. The van der Waals surface area contributed by atoms with E-state index in [0.29, 0.717) is 32.0 Å². The van der Waals surface area contributed by atoms with Gasteiger partial charge in [-0.3, -0.25) is 5.10 Å². The van der Waals surface area contributed by atoms with Gasteiger partial charge in [0.15, 0.2) is 17.5 Å². The number of aryl methyl sites for hydroxylation is 2. The molecule has 0 saturated carbocycles. The van der Waals surface area contributed by atoms with Crippen molar-refractivity contribution >= 4 is 23.5 Å². The maximum absolute atomic E-state index is 13.3. The number of halogens is 1. The molecule has 2 N–H and O–H groups in total. The number of urea groups is 1. The quantitative estimate of drug-likeness (QED) is 0.399. The SMILES string of the molecule is Cc1cc(Nc2cc(C)[nH]n2)nc(N2CCN(C(=O)N(C)[C@@H](C)c3ccc(-n4cc(F)cn4)nc3)CC2)c1. The normalized spacial score (nSPS) is 14.4. The van der Waals surface area contributed by atoms with Crippen molar-refractivity contribution in [3.05, 3.63) is 71.6 Å². The fourth-order valence-corrected chi connectivity index (χ4v) is 4.43. The van der Waals surface area contributed by atoms with Crippen LogP contribution in [0.1, 0.15) is 29.8 Å². The minimum Gasteiger partial charge on any atom is -0.353 e. The highest BCUT2D eigenvalue weighted by atomic mass is 19.1. The lowest BCUT2D eigenvalue weighted by Gasteiger charge is -2.38. The second-order valence-electron chi connectivity index (χ2n) is 9.55. The molecule has 12 heteroatoms. The zero-order chi connectivity index (χ0) is 26.8. The van der Waals surface area contributed by atoms with E-state index in [4.69, 9.17) is 4.98 Å². The number of rotatable bonds is 6. The summed E-state index contributed by atoms with van der Waals surface area (Å²) in [4.78, 5) is 28.2. The standard InChI is InChI=1S/C26H31FN10O/c1-17-11-22(30-23-13-18(2)32-33-23)31-25(12-17)35-7-9-36(10-8-35)26(38)34(4)19(3)20-5-6-24(28-14-20)37-16-21(27)15-29-37/h5-6,11-16,19H,7-10H2,1-4H3,(H2,30,31,32,33)/t19-/m0/s1. The van der Waals surface area contributed by atoms with E-state index in [-0.39, 0.29) is 12.1 Å². The number of hydrogen-bond donors (Lipinski definition) is 2. The van der Waals surface area contributed by atoms with Gasteiger partial charge >= 0.3 is 6.03 Å². The molecule has 5 rings (SSSR count). The first kappa shape index (κ1) is 25.2. The first-order valence-corrected chi connectivity index (χ1v) is 12.5. The van der Waals surface area contributed by atoms with E-state index in [2.05, 4.69) is 36.6 Å². The predicted molar refractivity (Wildman–Crippen MR) is 142 cm³/mol. The Morgan fingerprint density at radius 3 is 2.50 bits per heavy atom. The Balaban J connectivity index is 1.19. The van der Waals surface area contributed by atoms with Gasteiger partial charge < -0.3 is 20.0 Å². The molecule has 4 aromatic rings. The summed E-state index contributed by atoms with van der Waals surface area (Å²) < 4.78 is 14.6. The fourth-order valence-electron chi connectivity index (χ4n) is 4.43. The van der Waals surface area contributed by atoms with Gasteiger partial charge in [0.25, 0.3) is 0 Å². The molecule has 0 aliphatic carbocycles. The lowest BCUT2D eigenvalue weighted by molar-refractivity contribution is 0.146. The van der Waals surface area contributed by atoms with Crippen molar-refractivity contribution in [2.45, 2.75) is 26.8 Å². The number of aromatic amines is 1. The number of nitrogens with one attached hydrogen (secondary N) is 2. The summed E-state index contributed by atoms with van der Waals surface area (Å²) >= 11 is 0.